The number of alkyl halides is 3. The molecule has 0 spiro atoms. The van der Waals surface area contributed by atoms with Crippen molar-refractivity contribution in [2.24, 2.45) is 5.92 Å². The summed E-state index contributed by atoms with van der Waals surface area (Å²) in [5.41, 5.74) is 0.698. The topological polar surface area (TPSA) is 55.1 Å². The van der Waals surface area contributed by atoms with Gasteiger partial charge < -0.3 is 9.73 Å². The van der Waals surface area contributed by atoms with Crippen LogP contribution < -0.4 is 5.32 Å². The lowest BCUT2D eigenvalue weighted by atomic mass is 10.1. The smallest absolute Gasteiger partial charge is 0.416 e. The minimum absolute atomic E-state index is 0.0359. The number of carbonyl (C=O) groups excluding carboxylic acids is 1. The van der Waals surface area contributed by atoms with Crippen LogP contribution in [0.4, 0.5) is 13.2 Å². The van der Waals surface area contributed by atoms with Crippen molar-refractivity contribution in [3.63, 3.8) is 0 Å². The van der Waals surface area contributed by atoms with E-state index in [9.17, 15) is 18.0 Å². The highest BCUT2D eigenvalue weighted by molar-refractivity contribution is 7.13. The Balaban J connectivity index is 1.31. The molecule has 140 valence electrons. The molecule has 0 saturated heterocycles. The van der Waals surface area contributed by atoms with Crippen molar-refractivity contribution in [3.05, 3.63) is 64.9 Å². The highest BCUT2D eigenvalue weighted by Crippen LogP contribution is 2.48. The first-order valence-corrected chi connectivity index (χ1v) is 9.23. The zero-order valence-electron chi connectivity index (χ0n) is 14.0. The summed E-state index contributed by atoms with van der Waals surface area (Å²) in [7, 11) is 0. The fraction of sp³-hybridized carbons (Fsp3) is 0.263. The number of hydrogen-bond acceptors (Lipinski definition) is 4. The molecule has 0 aliphatic heterocycles. The molecular weight excluding hydrogens is 377 g/mol. The Hall–Kier alpha value is -2.61. The number of aromatic nitrogens is 1. The first kappa shape index (κ1) is 17.8. The van der Waals surface area contributed by atoms with E-state index in [0.717, 1.165) is 22.6 Å². The van der Waals surface area contributed by atoms with E-state index in [1.807, 2.05) is 17.5 Å². The normalized spacial score (nSPS) is 19.1. The number of oxazole rings is 1. The molecule has 1 N–H and O–H groups in total. The molecule has 1 fully saturated rings. The summed E-state index contributed by atoms with van der Waals surface area (Å²) in [5, 5.41) is 4.74. The zero-order chi connectivity index (χ0) is 19.0. The molecule has 8 heteroatoms. The van der Waals surface area contributed by atoms with Gasteiger partial charge in [0.1, 0.15) is 6.26 Å². The molecule has 27 heavy (non-hydrogen) atoms. The summed E-state index contributed by atoms with van der Waals surface area (Å²) in [6, 6.07) is 8.82. The van der Waals surface area contributed by atoms with Gasteiger partial charge in [0.15, 0.2) is 0 Å². The Morgan fingerprint density at radius 3 is 2.70 bits per heavy atom. The van der Waals surface area contributed by atoms with Crippen LogP contribution in [0.1, 0.15) is 29.2 Å². The average Bonchev–Trinajstić information content (AvgIpc) is 3.04. The van der Waals surface area contributed by atoms with Gasteiger partial charge in [-0.05, 0) is 41.5 Å². The third kappa shape index (κ3) is 3.90. The van der Waals surface area contributed by atoms with E-state index in [-0.39, 0.29) is 24.3 Å². The van der Waals surface area contributed by atoms with Gasteiger partial charge in [-0.15, -0.1) is 11.3 Å². The third-order valence-electron chi connectivity index (χ3n) is 4.52. The molecule has 2 heterocycles. The van der Waals surface area contributed by atoms with Gasteiger partial charge in [0.25, 0.3) is 0 Å². The summed E-state index contributed by atoms with van der Waals surface area (Å²) >= 11 is 1.51. The standard InChI is InChI=1S/C19H15F3N2O2S/c20-19(21,22)12-5-3-11(4-6-12)14-8-15(14)17(25)23-9-13-10-26-18(24-13)16-2-1-7-27-16/h1-7,10,14-15H,8-9H2,(H,23,25). The molecule has 2 aromatic heterocycles. The molecule has 1 saturated carbocycles. The van der Waals surface area contributed by atoms with Crippen LogP contribution in [0.5, 0.6) is 0 Å². The second-order valence-corrected chi connectivity index (χ2v) is 7.36. The number of nitrogens with one attached hydrogen (secondary N) is 1. The van der Waals surface area contributed by atoms with Gasteiger partial charge in [0.2, 0.25) is 11.8 Å². The van der Waals surface area contributed by atoms with Gasteiger partial charge in [0.05, 0.1) is 22.7 Å². The fourth-order valence-corrected chi connectivity index (χ4v) is 3.64. The Kier molecular flexibility index (Phi) is 4.51. The van der Waals surface area contributed by atoms with Gasteiger partial charge in [0, 0.05) is 5.92 Å². The maximum Gasteiger partial charge on any atom is 0.416 e. The predicted molar refractivity (Wildman–Crippen MR) is 94.0 cm³/mol. The summed E-state index contributed by atoms with van der Waals surface area (Å²) in [5.74, 6) is 0.139. The highest BCUT2D eigenvalue weighted by atomic mass is 32.1. The minimum atomic E-state index is -4.35. The molecule has 1 aromatic carbocycles. The molecule has 0 radical (unpaired) electrons. The van der Waals surface area contributed by atoms with Crippen LogP contribution in [0.3, 0.4) is 0 Å². The molecule has 2 atom stereocenters. The highest BCUT2D eigenvalue weighted by Gasteiger charge is 2.44. The van der Waals surface area contributed by atoms with Gasteiger partial charge in [-0.25, -0.2) is 4.98 Å². The number of thiophene rings is 1. The fourth-order valence-electron chi connectivity index (χ4n) is 2.98. The molecule has 0 bridgehead atoms. The van der Waals surface area contributed by atoms with Crippen LogP contribution in [0.15, 0.2) is 52.5 Å². The second-order valence-electron chi connectivity index (χ2n) is 6.41. The van der Waals surface area contributed by atoms with Crippen molar-refractivity contribution in [1.29, 1.82) is 0 Å². The molecule has 3 aromatic rings. The number of amides is 1. The van der Waals surface area contributed by atoms with Crippen LogP contribution in [0.25, 0.3) is 10.8 Å². The summed E-state index contributed by atoms with van der Waals surface area (Å²) in [4.78, 5) is 17.5. The van der Waals surface area contributed by atoms with Crippen molar-refractivity contribution in [1.82, 2.24) is 10.3 Å². The lowest BCUT2D eigenvalue weighted by Crippen LogP contribution is -2.25. The molecule has 2 unspecified atom stereocenters. The Morgan fingerprint density at radius 2 is 2.04 bits per heavy atom. The van der Waals surface area contributed by atoms with E-state index in [4.69, 9.17) is 4.42 Å². The van der Waals surface area contributed by atoms with E-state index in [0.29, 0.717) is 18.0 Å². The van der Waals surface area contributed by atoms with Crippen molar-refractivity contribution >= 4 is 17.2 Å². The number of halogens is 3. The predicted octanol–water partition coefficient (Wildman–Crippen LogP) is 4.84. The van der Waals surface area contributed by atoms with Crippen molar-refractivity contribution < 1.29 is 22.4 Å². The Bertz CT molecular complexity index is 933. The second kappa shape index (κ2) is 6.84. The Labute approximate surface area is 157 Å². The quantitative estimate of drug-likeness (QED) is 0.676. The number of nitrogens with zero attached hydrogens (tertiary/aromatic N) is 1. The van der Waals surface area contributed by atoms with E-state index in [1.165, 1.54) is 29.7 Å². The molecule has 1 aliphatic rings. The SMILES string of the molecule is O=C(NCc1coc(-c2cccs2)n1)C1CC1c1ccc(C(F)(F)F)cc1. The monoisotopic (exact) mass is 392 g/mol. The number of carbonyl (C=O) groups is 1. The van der Waals surface area contributed by atoms with Crippen LogP contribution in [-0.2, 0) is 17.5 Å². The first-order valence-electron chi connectivity index (χ1n) is 8.35. The molecule has 1 aliphatic carbocycles. The van der Waals surface area contributed by atoms with Crippen LogP contribution >= 0.6 is 11.3 Å². The van der Waals surface area contributed by atoms with Gasteiger partial charge >= 0.3 is 6.18 Å². The third-order valence-corrected chi connectivity index (χ3v) is 5.38. The lowest BCUT2D eigenvalue weighted by Gasteiger charge is -2.07. The molecule has 1 amide bonds. The van der Waals surface area contributed by atoms with Crippen molar-refractivity contribution in [3.8, 4) is 10.8 Å². The zero-order valence-corrected chi connectivity index (χ0v) is 14.8. The summed E-state index contributed by atoms with van der Waals surface area (Å²) < 4.78 is 43.3. The lowest BCUT2D eigenvalue weighted by molar-refractivity contribution is -0.137. The van der Waals surface area contributed by atoms with Crippen molar-refractivity contribution in [2.75, 3.05) is 0 Å². The number of benzene rings is 1. The number of rotatable bonds is 5. The maximum atomic E-state index is 12.6. The molecular formula is C19H15F3N2O2S. The van der Waals surface area contributed by atoms with Gasteiger partial charge in [-0.1, -0.05) is 18.2 Å². The van der Waals surface area contributed by atoms with E-state index in [1.54, 1.807) is 0 Å². The van der Waals surface area contributed by atoms with Crippen LogP contribution in [0, 0.1) is 5.92 Å². The number of hydrogen-bond donors (Lipinski definition) is 1. The van der Waals surface area contributed by atoms with Crippen molar-refractivity contribution in [2.45, 2.75) is 25.1 Å². The summed E-state index contributed by atoms with van der Waals surface area (Å²) in [6.07, 6.45) is -2.20. The van der Waals surface area contributed by atoms with Crippen LogP contribution in [0.2, 0.25) is 0 Å². The first-order chi connectivity index (χ1) is 12.9. The summed E-state index contributed by atoms with van der Waals surface area (Å²) in [6.45, 7) is 0.254. The van der Waals surface area contributed by atoms with Crippen LogP contribution in [-0.4, -0.2) is 10.9 Å². The van der Waals surface area contributed by atoms with E-state index in [2.05, 4.69) is 10.3 Å². The molecule has 4 rings (SSSR count). The Morgan fingerprint density at radius 1 is 1.26 bits per heavy atom. The largest absolute Gasteiger partial charge is 0.443 e. The van der Waals surface area contributed by atoms with Gasteiger partial charge in [-0.2, -0.15) is 13.2 Å². The minimum Gasteiger partial charge on any atom is -0.443 e. The van der Waals surface area contributed by atoms with Gasteiger partial charge in [-0.3, -0.25) is 4.79 Å². The van der Waals surface area contributed by atoms with E-state index < -0.39 is 11.7 Å². The molecule has 4 nitrogen and oxygen atoms in total. The average molecular weight is 392 g/mol. The maximum absolute atomic E-state index is 12.6. The van der Waals surface area contributed by atoms with E-state index >= 15 is 0 Å².